The van der Waals surface area contributed by atoms with Crippen LogP contribution in [0.4, 0.5) is 17.6 Å². The average Bonchev–Trinajstić information content (AvgIpc) is 2.69. The highest BCUT2D eigenvalue weighted by Crippen LogP contribution is 2.44. The van der Waals surface area contributed by atoms with Crippen molar-refractivity contribution >= 4 is 11.9 Å². The van der Waals surface area contributed by atoms with Gasteiger partial charge in [-0.3, -0.25) is 4.79 Å². The summed E-state index contributed by atoms with van der Waals surface area (Å²) >= 11 is 0. The molecule has 31 heavy (non-hydrogen) atoms. The Morgan fingerprint density at radius 3 is 2.52 bits per heavy atom. The minimum Gasteiger partial charge on any atom is -0.466 e. The molecule has 1 atom stereocenters. The van der Waals surface area contributed by atoms with Gasteiger partial charge in [0.05, 0.1) is 42.4 Å². The molecule has 1 unspecified atom stereocenters. The number of hydrogen-bond acceptors (Lipinski definition) is 6. The highest BCUT2D eigenvalue weighted by atomic mass is 19.4. The Bertz CT molecular complexity index is 990. The van der Waals surface area contributed by atoms with E-state index in [4.69, 9.17) is 9.47 Å². The summed E-state index contributed by atoms with van der Waals surface area (Å²) in [5.41, 5.74) is -1.56. The molecule has 166 valence electrons. The molecular formula is C21H20F4N2O4. The zero-order valence-electron chi connectivity index (χ0n) is 17.0. The number of carbonyl (C=O) groups excluding carboxylic acids is 2. The van der Waals surface area contributed by atoms with Crippen molar-refractivity contribution in [3.05, 3.63) is 57.7 Å². The predicted octanol–water partition coefficient (Wildman–Crippen LogP) is 4.10. The summed E-state index contributed by atoms with van der Waals surface area (Å²) in [5.74, 6) is -3.95. The fraction of sp³-hybridized carbons (Fsp3) is 0.381. The van der Waals surface area contributed by atoms with E-state index >= 15 is 0 Å². The van der Waals surface area contributed by atoms with Gasteiger partial charge in [0.15, 0.2) is 0 Å². The monoisotopic (exact) mass is 440 g/mol. The Balaban J connectivity index is 2.67. The van der Waals surface area contributed by atoms with Crippen LogP contribution in [0.15, 0.2) is 40.7 Å². The van der Waals surface area contributed by atoms with Crippen LogP contribution in [0.5, 0.6) is 0 Å². The van der Waals surface area contributed by atoms with Crippen LogP contribution in [0, 0.1) is 17.1 Å². The topological polar surface area (TPSA) is 88.4 Å². The van der Waals surface area contributed by atoms with E-state index < -0.39 is 41.0 Å². The predicted molar refractivity (Wildman–Crippen MR) is 101 cm³/mol. The fourth-order valence-electron chi connectivity index (χ4n) is 3.39. The van der Waals surface area contributed by atoms with E-state index in [1.807, 2.05) is 6.07 Å². The van der Waals surface area contributed by atoms with Crippen molar-refractivity contribution in [1.82, 2.24) is 5.32 Å². The number of ether oxygens (including phenoxy) is 2. The van der Waals surface area contributed by atoms with E-state index in [1.165, 1.54) is 13.8 Å². The molecule has 0 spiro atoms. The van der Waals surface area contributed by atoms with Crippen molar-refractivity contribution < 1.29 is 36.6 Å². The van der Waals surface area contributed by atoms with Crippen LogP contribution in [-0.2, 0) is 25.2 Å². The lowest BCUT2D eigenvalue weighted by atomic mass is 9.78. The molecule has 1 aromatic rings. The van der Waals surface area contributed by atoms with Gasteiger partial charge in [-0.1, -0.05) is 6.07 Å². The van der Waals surface area contributed by atoms with Crippen LogP contribution in [0.3, 0.4) is 0 Å². The Morgan fingerprint density at radius 1 is 1.29 bits per heavy atom. The zero-order chi connectivity index (χ0) is 23.3. The van der Waals surface area contributed by atoms with Crippen LogP contribution in [0.1, 0.15) is 43.7 Å². The molecular weight excluding hydrogens is 420 g/mol. The van der Waals surface area contributed by atoms with Crippen molar-refractivity contribution in [3.63, 3.8) is 0 Å². The van der Waals surface area contributed by atoms with Gasteiger partial charge in [0, 0.05) is 18.3 Å². The second-order valence-corrected chi connectivity index (χ2v) is 6.77. The second kappa shape index (κ2) is 9.64. The molecule has 0 saturated carbocycles. The standard InChI is InChI=1S/C21H20F4N2O4/c1-11-15(10-26)18(14-7-6-13(22)9-16(14)21(23,24)25)19(20(29)30-3)17(27-11)5-4-8-31-12(2)28/h6-7,9,18,27H,4-5,8H2,1-3H3. The number of methoxy groups -OCH3 is 1. The highest BCUT2D eigenvalue weighted by molar-refractivity contribution is 5.93. The molecule has 0 bridgehead atoms. The molecule has 1 aromatic carbocycles. The molecule has 1 aliphatic heterocycles. The maximum absolute atomic E-state index is 13.7. The molecule has 0 aliphatic carbocycles. The zero-order valence-corrected chi connectivity index (χ0v) is 17.0. The highest BCUT2D eigenvalue weighted by Gasteiger charge is 2.41. The lowest BCUT2D eigenvalue weighted by Crippen LogP contribution is -2.31. The quantitative estimate of drug-likeness (QED) is 0.407. The fourth-order valence-corrected chi connectivity index (χ4v) is 3.39. The van der Waals surface area contributed by atoms with E-state index in [-0.39, 0.29) is 42.0 Å². The van der Waals surface area contributed by atoms with Crippen molar-refractivity contribution in [2.75, 3.05) is 13.7 Å². The minimum absolute atomic E-state index is 0.0256. The number of hydrogen-bond donors (Lipinski definition) is 1. The van der Waals surface area contributed by atoms with Crippen molar-refractivity contribution in [2.45, 2.75) is 38.8 Å². The molecule has 1 heterocycles. The number of rotatable bonds is 6. The lowest BCUT2D eigenvalue weighted by molar-refractivity contribution is -0.141. The summed E-state index contributed by atoms with van der Waals surface area (Å²) in [7, 11) is 1.06. The molecule has 1 aliphatic rings. The number of allylic oxidation sites excluding steroid dienone is 3. The largest absolute Gasteiger partial charge is 0.466 e. The second-order valence-electron chi connectivity index (χ2n) is 6.77. The number of nitrogens with zero attached hydrogens (tertiary/aromatic N) is 1. The first kappa shape index (κ1) is 23.9. The van der Waals surface area contributed by atoms with Crippen molar-refractivity contribution in [3.8, 4) is 6.07 Å². The van der Waals surface area contributed by atoms with Gasteiger partial charge in [-0.25, -0.2) is 9.18 Å². The van der Waals surface area contributed by atoms with E-state index in [9.17, 15) is 32.4 Å². The lowest BCUT2D eigenvalue weighted by Gasteiger charge is -2.31. The molecule has 2 rings (SSSR count). The molecule has 0 aromatic heterocycles. The Kier molecular flexibility index (Phi) is 7.44. The third kappa shape index (κ3) is 5.42. The van der Waals surface area contributed by atoms with Gasteiger partial charge < -0.3 is 14.8 Å². The summed E-state index contributed by atoms with van der Waals surface area (Å²) in [4.78, 5) is 23.5. The van der Waals surface area contributed by atoms with Crippen molar-refractivity contribution in [1.29, 1.82) is 5.26 Å². The average molecular weight is 440 g/mol. The summed E-state index contributed by atoms with van der Waals surface area (Å²) in [5, 5.41) is 12.5. The molecule has 0 fully saturated rings. The Hall–Kier alpha value is -3.35. The molecule has 0 saturated heterocycles. The molecule has 1 N–H and O–H groups in total. The number of esters is 2. The van der Waals surface area contributed by atoms with Gasteiger partial charge in [0.1, 0.15) is 5.82 Å². The number of dihydropyridines is 1. The van der Waals surface area contributed by atoms with E-state index in [1.54, 1.807) is 0 Å². The van der Waals surface area contributed by atoms with Gasteiger partial charge in [-0.05, 0) is 37.5 Å². The summed E-state index contributed by atoms with van der Waals surface area (Å²) < 4.78 is 64.3. The molecule has 6 nitrogen and oxygen atoms in total. The van der Waals surface area contributed by atoms with Crippen LogP contribution in [0.2, 0.25) is 0 Å². The summed E-state index contributed by atoms with van der Waals surface area (Å²) in [6.07, 6.45) is -4.53. The maximum atomic E-state index is 13.7. The first-order chi connectivity index (χ1) is 14.5. The summed E-state index contributed by atoms with van der Waals surface area (Å²) in [6, 6.07) is 3.94. The van der Waals surface area contributed by atoms with E-state index in [0.717, 1.165) is 19.2 Å². The smallest absolute Gasteiger partial charge is 0.416 e. The number of carbonyl (C=O) groups is 2. The van der Waals surface area contributed by atoms with Gasteiger partial charge in [0.25, 0.3) is 0 Å². The number of halogens is 4. The van der Waals surface area contributed by atoms with E-state index in [2.05, 4.69) is 5.32 Å². The Labute approximate surface area is 176 Å². The van der Waals surface area contributed by atoms with Gasteiger partial charge in [-0.15, -0.1) is 0 Å². The number of nitrogens with one attached hydrogen (secondary N) is 1. The van der Waals surface area contributed by atoms with Crippen LogP contribution >= 0.6 is 0 Å². The molecule has 0 radical (unpaired) electrons. The minimum atomic E-state index is -4.92. The first-order valence-electron chi connectivity index (χ1n) is 9.20. The van der Waals surface area contributed by atoms with Gasteiger partial charge in [0.2, 0.25) is 0 Å². The first-order valence-corrected chi connectivity index (χ1v) is 9.20. The normalized spacial score (nSPS) is 16.5. The van der Waals surface area contributed by atoms with Crippen molar-refractivity contribution in [2.24, 2.45) is 0 Å². The summed E-state index contributed by atoms with van der Waals surface area (Å²) in [6.45, 7) is 2.74. The third-order valence-corrected chi connectivity index (χ3v) is 4.68. The molecule has 10 heteroatoms. The maximum Gasteiger partial charge on any atom is 0.416 e. The van der Waals surface area contributed by atoms with Gasteiger partial charge in [-0.2, -0.15) is 18.4 Å². The van der Waals surface area contributed by atoms with Crippen LogP contribution < -0.4 is 5.32 Å². The van der Waals surface area contributed by atoms with E-state index in [0.29, 0.717) is 6.07 Å². The number of nitriles is 1. The van der Waals surface area contributed by atoms with Gasteiger partial charge >= 0.3 is 18.1 Å². The molecule has 0 amide bonds. The number of benzene rings is 1. The Morgan fingerprint density at radius 2 is 1.97 bits per heavy atom. The third-order valence-electron chi connectivity index (χ3n) is 4.68. The van der Waals surface area contributed by atoms with Crippen LogP contribution in [0.25, 0.3) is 0 Å². The van der Waals surface area contributed by atoms with Crippen LogP contribution in [-0.4, -0.2) is 25.7 Å². The number of alkyl halides is 3. The SMILES string of the molecule is COC(=O)C1=C(CCCOC(C)=O)NC(C)=C(C#N)C1c1ccc(F)cc1C(F)(F)F.